The van der Waals surface area contributed by atoms with E-state index in [1.54, 1.807) is 0 Å². The number of carboxylic acids is 1. The summed E-state index contributed by atoms with van der Waals surface area (Å²) in [5.41, 5.74) is 2.02. The van der Waals surface area contributed by atoms with Crippen molar-refractivity contribution in [3.05, 3.63) is 35.4 Å². The normalized spacial score (nSPS) is 12.1. The van der Waals surface area contributed by atoms with Gasteiger partial charge >= 0.3 is 5.97 Å². The van der Waals surface area contributed by atoms with Gasteiger partial charge in [-0.3, -0.25) is 9.69 Å². The highest BCUT2D eigenvalue weighted by Crippen LogP contribution is 2.23. The number of carbonyl (C=O) groups is 1. The fraction of sp³-hybridized carbons (Fsp3) is 0.467. The molecule has 0 aliphatic carbocycles. The first-order valence-corrected chi connectivity index (χ1v) is 6.51. The quantitative estimate of drug-likeness (QED) is 0.818. The SMILES string of the molecule is CCCN(CCC(=O)O)C(C#N)c1ccccc1C. The summed E-state index contributed by atoms with van der Waals surface area (Å²) < 4.78 is 0. The molecule has 0 aromatic heterocycles. The van der Waals surface area contributed by atoms with E-state index < -0.39 is 5.97 Å². The van der Waals surface area contributed by atoms with Crippen molar-refractivity contribution in [2.45, 2.75) is 32.7 Å². The fourth-order valence-electron chi connectivity index (χ4n) is 2.14. The highest BCUT2D eigenvalue weighted by atomic mass is 16.4. The van der Waals surface area contributed by atoms with Crippen LogP contribution in [0.15, 0.2) is 24.3 Å². The molecule has 1 atom stereocenters. The summed E-state index contributed by atoms with van der Waals surface area (Å²) in [6.07, 6.45) is 0.952. The molecule has 4 nitrogen and oxygen atoms in total. The lowest BCUT2D eigenvalue weighted by Crippen LogP contribution is -2.31. The molecule has 0 aliphatic heterocycles. The molecule has 4 heteroatoms. The fourth-order valence-corrected chi connectivity index (χ4v) is 2.14. The Morgan fingerprint density at radius 3 is 2.63 bits per heavy atom. The largest absolute Gasteiger partial charge is 0.481 e. The maximum Gasteiger partial charge on any atom is 0.304 e. The van der Waals surface area contributed by atoms with E-state index in [4.69, 9.17) is 5.11 Å². The first-order chi connectivity index (χ1) is 9.10. The number of hydrogen-bond donors (Lipinski definition) is 1. The zero-order valence-electron chi connectivity index (χ0n) is 11.5. The van der Waals surface area contributed by atoms with Crippen molar-refractivity contribution in [1.29, 1.82) is 5.26 Å². The van der Waals surface area contributed by atoms with Crippen LogP contribution in [0.25, 0.3) is 0 Å². The highest BCUT2D eigenvalue weighted by Gasteiger charge is 2.21. The summed E-state index contributed by atoms with van der Waals surface area (Å²) in [4.78, 5) is 12.7. The standard InChI is InChI=1S/C15H20N2O2/c1-3-9-17(10-8-15(18)19)14(11-16)13-7-5-4-6-12(13)2/h4-7,14H,3,8-10H2,1-2H3,(H,18,19). The minimum absolute atomic E-state index is 0.0596. The van der Waals surface area contributed by atoms with Crippen molar-refractivity contribution in [1.82, 2.24) is 4.90 Å². The Hall–Kier alpha value is -1.86. The van der Waals surface area contributed by atoms with Crippen molar-refractivity contribution in [3.63, 3.8) is 0 Å². The van der Waals surface area contributed by atoms with E-state index in [2.05, 4.69) is 6.07 Å². The van der Waals surface area contributed by atoms with Gasteiger partial charge < -0.3 is 5.11 Å². The summed E-state index contributed by atoms with van der Waals surface area (Å²) >= 11 is 0. The van der Waals surface area contributed by atoms with E-state index in [-0.39, 0.29) is 12.5 Å². The van der Waals surface area contributed by atoms with Crippen LogP contribution >= 0.6 is 0 Å². The summed E-state index contributed by atoms with van der Waals surface area (Å²) in [6, 6.07) is 9.69. The number of nitrogens with zero attached hydrogens (tertiary/aromatic N) is 2. The van der Waals surface area contributed by atoms with Gasteiger partial charge in [0.15, 0.2) is 0 Å². The number of nitriles is 1. The molecule has 1 unspecified atom stereocenters. The van der Waals surface area contributed by atoms with Gasteiger partial charge in [-0.1, -0.05) is 31.2 Å². The molecule has 0 saturated carbocycles. The third-order valence-electron chi connectivity index (χ3n) is 3.09. The number of aryl methyl sites for hydroxylation is 1. The van der Waals surface area contributed by atoms with Crippen LogP contribution in [-0.4, -0.2) is 29.1 Å². The molecule has 0 fully saturated rings. The number of carboxylic acid groups (broad SMARTS) is 1. The Balaban J connectivity index is 2.93. The average molecular weight is 260 g/mol. The third-order valence-corrected chi connectivity index (χ3v) is 3.09. The molecule has 1 rings (SSSR count). The highest BCUT2D eigenvalue weighted by molar-refractivity contribution is 5.66. The lowest BCUT2D eigenvalue weighted by Gasteiger charge is -2.27. The summed E-state index contributed by atoms with van der Waals surface area (Å²) in [7, 11) is 0. The van der Waals surface area contributed by atoms with Crippen molar-refractivity contribution < 1.29 is 9.90 Å². The molecule has 0 spiro atoms. The molecular weight excluding hydrogens is 240 g/mol. The van der Waals surface area contributed by atoms with Crippen molar-refractivity contribution in [2.75, 3.05) is 13.1 Å². The van der Waals surface area contributed by atoms with Crippen molar-refractivity contribution in [2.24, 2.45) is 0 Å². The molecule has 1 aromatic carbocycles. The third kappa shape index (κ3) is 4.38. The van der Waals surface area contributed by atoms with Gasteiger partial charge in [0.1, 0.15) is 6.04 Å². The molecule has 0 heterocycles. The second-order valence-electron chi connectivity index (χ2n) is 4.57. The predicted octanol–water partition coefficient (Wildman–Crippen LogP) is 2.75. The Morgan fingerprint density at radius 1 is 1.42 bits per heavy atom. The zero-order valence-corrected chi connectivity index (χ0v) is 11.5. The number of rotatable bonds is 7. The molecule has 0 amide bonds. The van der Waals surface area contributed by atoms with Gasteiger partial charge in [0.25, 0.3) is 0 Å². The Kier molecular flexibility index (Phi) is 6.04. The predicted molar refractivity (Wildman–Crippen MR) is 73.6 cm³/mol. The number of benzene rings is 1. The first-order valence-electron chi connectivity index (χ1n) is 6.51. The van der Waals surface area contributed by atoms with Gasteiger partial charge in [0.05, 0.1) is 12.5 Å². The van der Waals surface area contributed by atoms with E-state index in [9.17, 15) is 10.1 Å². The maximum absolute atomic E-state index is 10.7. The lowest BCUT2D eigenvalue weighted by molar-refractivity contribution is -0.137. The van der Waals surface area contributed by atoms with Crippen LogP contribution < -0.4 is 0 Å². The van der Waals surface area contributed by atoms with Gasteiger partial charge in [-0.25, -0.2) is 0 Å². The van der Waals surface area contributed by atoms with E-state index >= 15 is 0 Å². The lowest BCUT2D eigenvalue weighted by atomic mass is 10.0. The van der Waals surface area contributed by atoms with Gasteiger partial charge in [0, 0.05) is 6.54 Å². The second-order valence-corrected chi connectivity index (χ2v) is 4.57. The van der Waals surface area contributed by atoms with E-state index in [1.165, 1.54) is 0 Å². The topological polar surface area (TPSA) is 64.3 Å². The van der Waals surface area contributed by atoms with Crippen LogP contribution in [0.4, 0.5) is 0 Å². The van der Waals surface area contributed by atoms with E-state index in [1.807, 2.05) is 43.0 Å². The molecule has 1 aromatic rings. The zero-order chi connectivity index (χ0) is 14.3. The molecule has 19 heavy (non-hydrogen) atoms. The molecule has 1 N–H and O–H groups in total. The van der Waals surface area contributed by atoms with Crippen LogP contribution in [-0.2, 0) is 4.79 Å². The van der Waals surface area contributed by atoms with E-state index in [0.717, 1.165) is 24.1 Å². The molecule has 0 bridgehead atoms. The van der Waals surface area contributed by atoms with Crippen LogP contribution in [0.1, 0.15) is 36.9 Å². The summed E-state index contributed by atoms with van der Waals surface area (Å²) in [5.74, 6) is -0.831. The van der Waals surface area contributed by atoms with Crippen molar-refractivity contribution >= 4 is 5.97 Å². The molecule has 0 aliphatic rings. The van der Waals surface area contributed by atoms with Crippen molar-refractivity contribution in [3.8, 4) is 6.07 Å². The minimum atomic E-state index is -0.831. The first kappa shape index (κ1) is 15.2. The van der Waals surface area contributed by atoms with Gasteiger partial charge in [-0.05, 0) is 31.0 Å². The summed E-state index contributed by atoms with van der Waals surface area (Å²) in [6.45, 7) is 5.12. The van der Waals surface area contributed by atoms with Gasteiger partial charge in [-0.2, -0.15) is 5.26 Å². The van der Waals surface area contributed by atoms with Crippen LogP contribution in [0, 0.1) is 18.3 Å². The Labute approximate surface area is 114 Å². The average Bonchev–Trinajstić information content (AvgIpc) is 2.38. The number of hydrogen-bond acceptors (Lipinski definition) is 3. The number of aliphatic carboxylic acids is 1. The van der Waals surface area contributed by atoms with E-state index in [0.29, 0.717) is 6.54 Å². The minimum Gasteiger partial charge on any atom is -0.481 e. The molecule has 0 radical (unpaired) electrons. The van der Waals surface area contributed by atoms with Crippen LogP contribution in [0.5, 0.6) is 0 Å². The van der Waals surface area contributed by atoms with Gasteiger partial charge in [-0.15, -0.1) is 0 Å². The summed E-state index contributed by atoms with van der Waals surface area (Å²) in [5, 5.41) is 18.2. The smallest absolute Gasteiger partial charge is 0.304 e. The second kappa shape index (κ2) is 7.55. The monoisotopic (exact) mass is 260 g/mol. The Bertz CT molecular complexity index is 465. The van der Waals surface area contributed by atoms with Gasteiger partial charge in [0.2, 0.25) is 0 Å². The molecular formula is C15H20N2O2. The van der Waals surface area contributed by atoms with Crippen LogP contribution in [0.3, 0.4) is 0 Å². The van der Waals surface area contributed by atoms with Crippen LogP contribution in [0.2, 0.25) is 0 Å². The molecule has 102 valence electrons. The maximum atomic E-state index is 10.7. The Morgan fingerprint density at radius 2 is 2.11 bits per heavy atom. The molecule has 0 saturated heterocycles.